The normalized spacial score (nSPS) is 27.2. The van der Waals surface area contributed by atoms with Crippen LogP contribution in [0.25, 0.3) is 0 Å². The minimum absolute atomic E-state index is 0.0135. The number of aliphatic carboxylic acids is 1. The second kappa shape index (κ2) is 13.4. The summed E-state index contributed by atoms with van der Waals surface area (Å²) in [5, 5.41) is 39.7. The van der Waals surface area contributed by atoms with Crippen LogP contribution >= 0.6 is 0 Å². The Morgan fingerprint density at radius 3 is 2.50 bits per heavy atom. The van der Waals surface area contributed by atoms with E-state index < -0.39 is 48.9 Å². The Labute approximate surface area is 225 Å². The van der Waals surface area contributed by atoms with Crippen molar-refractivity contribution in [3.63, 3.8) is 0 Å². The van der Waals surface area contributed by atoms with E-state index in [4.69, 9.17) is 14.6 Å². The van der Waals surface area contributed by atoms with Crippen LogP contribution in [0.15, 0.2) is 48.1 Å². The predicted molar refractivity (Wildman–Crippen MR) is 143 cm³/mol. The van der Waals surface area contributed by atoms with E-state index in [2.05, 4.69) is 26.8 Å². The van der Waals surface area contributed by atoms with Crippen LogP contribution in [0.3, 0.4) is 0 Å². The highest BCUT2D eigenvalue weighted by atomic mass is 16.6. The highest BCUT2D eigenvalue weighted by molar-refractivity contribution is 5.75. The van der Waals surface area contributed by atoms with Crippen LogP contribution in [-0.2, 0) is 14.3 Å². The standard InChI is InChI=1S/C30H42O8/c1-17(2)24-7-5-6-8-26(24)37-19(4)30(36)38-27-15-22(32)13-20-10-9-18(3)25(29(20)27)12-11-21(31)14-23(33)16-28(34)35/h5-10,13,17-19,21-23,25,27,29,31-33H,11-12,14-16H2,1-4H3,(H,34,35)/t18-,19+,21-,22-,23-,25+,27+,29+/m1/s1. The van der Waals surface area contributed by atoms with Crippen molar-refractivity contribution in [1.82, 2.24) is 0 Å². The lowest BCUT2D eigenvalue weighted by Gasteiger charge is -2.43. The molecule has 1 aromatic rings. The van der Waals surface area contributed by atoms with Crippen LogP contribution in [0.2, 0.25) is 0 Å². The van der Waals surface area contributed by atoms with Crippen LogP contribution in [-0.4, -0.2) is 62.9 Å². The fraction of sp³-hybridized carbons (Fsp3) is 0.600. The minimum Gasteiger partial charge on any atom is -0.481 e. The molecule has 0 aromatic heterocycles. The Kier molecular flexibility index (Phi) is 10.5. The first kappa shape index (κ1) is 29.9. The summed E-state index contributed by atoms with van der Waals surface area (Å²) < 4.78 is 12.0. The predicted octanol–water partition coefficient (Wildman–Crippen LogP) is 3.99. The largest absolute Gasteiger partial charge is 0.481 e. The van der Waals surface area contributed by atoms with Gasteiger partial charge in [-0.25, -0.2) is 4.79 Å². The third kappa shape index (κ3) is 7.91. The maximum Gasteiger partial charge on any atom is 0.347 e. The van der Waals surface area contributed by atoms with Gasteiger partial charge in [-0.3, -0.25) is 4.79 Å². The van der Waals surface area contributed by atoms with Gasteiger partial charge in [0.15, 0.2) is 6.10 Å². The van der Waals surface area contributed by atoms with Gasteiger partial charge in [0.05, 0.1) is 24.7 Å². The second-order valence-electron chi connectivity index (χ2n) is 11.0. The smallest absolute Gasteiger partial charge is 0.347 e. The third-order valence-electron chi connectivity index (χ3n) is 7.60. The Morgan fingerprint density at radius 2 is 1.82 bits per heavy atom. The highest BCUT2D eigenvalue weighted by Gasteiger charge is 2.42. The molecule has 4 N–H and O–H groups in total. The van der Waals surface area contributed by atoms with Crippen molar-refractivity contribution in [1.29, 1.82) is 0 Å². The summed E-state index contributed by atoms with van der Waals surface area (Å²) >= 11 is 0. The van der Waals surface area contributed by atoms with Crippen molar-refractivity contribution in [2.24, 2.45) is 17.8 Å². The van der Waals surface area contributed by atoms with Gasteiger partial charge in [-0.2, -0.15) is 0 Å². The van der Waals surface area contributed by atoms with Gasteiger partial charge in [-0.15, -0.1) is 0 Å². The molecule has 0 radical (unpaired) electrons. The number of carbonyl (C=O) groups is 2. The molecule has 38 heavy (non-hydrogen) atoms. The number of hydrogen-bond acceptors (Lipinski definition) is 7. The van der Waals surface area contributed by atoms with E-state index in [1.807, 2.05) is 30.3 Å². The summed E-state index contributed by atoms with van der Waals surface area (Å²) in [6.45, 7) is 7.85. The zero-order valence-corrected chi connectivity index (χ0v) is 22.7. The average molecular weight is 531 g/mol. The van der Waals surface area contributed by atoms with E-state index in [0.717, 1.165) is 11.1 Å². The molecule has 8 nitrogen and oxygen atoms in total. The number of allylic oxidation sites excluding steroid dienone is 2. The lowest BCUT2D eigenvalue weighted by atomic mass is 9.66. The van der Waals surface area contributed by atoms with E-state index in [9.17, 15) is 24.9 Å². The van der Waals surface area contributed by atoms with Crippen molar-refractivity contribution < 1.29 is 39.5 Å². The van der Waals surface area contributed by atoms with E-state index in [-0.39, 0.29) is 36.5 Å². The van der Waals surface area contributed by atoms with Crippen LogP contribution in [0.1, 0.15) is 71.3 Å². The molecular weight excluding hydrogens is 488 g/mol. The third-order valence-corrected chi connectivity index (χ3v) is 7.60. The maximum atomic E-state index is 13.2. The van der Waals surface area contributed by atoms with Crippen LogP contribution in [0, 0.1) is 17.8 Å². The molecule has 1 aromatic carbocycles. The molecule has 2 aliphatic carbocycles. The summed E-state index contributed by atoms with van der Waals surface area (Å²) in [6.07, 6.45) is 2.55. The zero-order chi connectivity index (χ0) is 28.0. The summed E-state index contributed by atoms with van der Waals surface area (Å²) in [6, 6.07) is 7.61. The SMILES string of the molecule is CC(C)c1ccccc1O[C@@H](C)C(=O)O[C@H]1C[C@H](O)C=C2C=C[C@@H](C)[C@H](CC[C@@H](O)C[C@@H](O)CC(=O)O)[C@H]21. The molecule has 0 spiro atoms. The van der Waals surface area contributed by atoms with Gasteiger partial charge in [0.1, 0.15) is 11.9 Å². The molecule has 0 saturated heterocycles. The van der Waals surface area contributed by atoms with Gasteiger partial charge >= 0.3 is 11.9 Å². The molecule has 0 heterocycles. The second-order valence-corrected chi connectivity index (χ2v) is 11.0. The lowest BCUT2D eigenvalue weighted by Crippen LogP contribution is -2.44. The maximum absolute atomic E-state index is 13.2. The van der Waals surface area contributed by atoms with Gasteiger partial charge in [-0.05, 0) is 61.1 Å². The van der Waals surface area contributed by atoms with Crippen molar-refractivity contribution in [3.05, 3.63) is 53.6 Å². The molecule has 8 atom stereocenters. The molecule has 2 aliphatic rings. The van der Waals surface area contributed by atoms with Gasteiger partial charge in [-0.1, -0.05) is 57.2 Å². The Hall–Kier alpha value is -2.68. The van der Waals surface area contributed by atoms with E-state index >= 15 is 0 Å². The first-order chi connectivity index (χ1) is 18.0. The fourth-order valence-electron chi connectivity index (χ4n) is 5.64. The zero-order valence-electron chi connectivity index (χ0n) is 22.7. The molecule has 0 bridgehead atoms. The number of carbonyl (C=O) groups excluding carboxylic acids is 1. The molecule has 3 rings (SSSR count). The molecule has 8 heteroatoms. The monoisotopic (exact) mass is 530 g/mol. The molecule has 0 saturated carbocycles. The fourth-order valence-corrected chi connectivity index (χ4v) is 5.64. The number of hydrogen-bond donors (Lipinski definition) is 4. The summed E-state index contributed by atoms with van der Waals surface area (Å²) in [5.74, 6) is -0.734. The summed E-state index contributed by atoms with van der Waals surface area (Å²) in [5.41, 5.74) is 1.91. The topological polar surface area (TPSA) is 134 Å². The Balaban J connectivity index is 1.70. The van der Waals surface area contributed by atoms with Gasteiger partial charge in [0.2, 0.25) is 0 Å². The molecule has 0 unspecified atom stereocenters. The number of ether oxygens (including phenoxy) is 2. The Morgan fingerprint density at radius 1 is 1.11 bits per heavy atom. The van der Waals surface area contributed by atoms with E-state index in [1.165, 1.54) is 0 Å². The number of fused-ring (bicyclic) bond motifs is 1. The van der Waals surface area contributed by atoms with Crippen molar-refractivity contribution in [2.45, 2.75) is 96.2 Å². The number of para-hydroxylation sites is 1. The summed E-state index contributed by atoms with van der Waals surface area (Å²) in [4.78, 5) is 24.0. The number of benzene rings is 1. The van der Waals surface area contributed by atoms with Gasteiger partial charge in [0, 0.05) is 12.3 Å². The van der Waals surface area contributed by atoms with Gasteiger partial charge < -0.3 is 29.9 Å². The number of carboxylic acids is 1. The van der Waals surface area contributed by atoms with Crippen LogP contribution in [0.5, 0.6) is 5.75 Å². The number of aliphatic hydroxyl groups excluding tert-OH is 3. The van der Waals surface area contributed by atoms with E-state index in [0.29, 0.717) is 18.6 Å². The van der Waals surface area contributed by atoms with Crippen molar-refractivity contribution >= 4 is 11.9 Å². The van der Waals surface area contributed by atoms with Crippen molar-refractivity contribution in [3.8, 4) is 5.75 Å². The van der Waals surface area contributed by atoms with Crippen molar-refractivity contribution in [2.75, 3.05) is 0 Å². The number of carboxylic acid groups (broad SMARTS) is 1. The number of rotatable bonds is 12. The van der Waals surface area contributed by atoms with Crippen LogP contribution in [0.4, 0.5) is 0 Å². The molecule has 0 amide bonds. The first-order valence-electron chi connectivity index (χ1n) is 13.6. The average Bonchev–Trinajstić information content (AvgIpc) is 2.83. The number of aliphatic hydroxyl groups is 3. The molecule has 0 aliphatic heterocycles. The quantitative estimate of drug-likeness (QED) is 0.298. The minimum atomic E-state index is -1.11. The highest BCUT2D eigenvalue weighted by Crippen LogP contribution is 2.44. The molecule has 0 fully saturated rings. The van der Waals surface area contributed by atoms with Gasteiger partial charge in [0.25, 0.3) is 0 Å². The molecular formula is C30H42O8. The number of esters is 1. The first-order valence-corrected chi connectivity index (χ1v) is 13.6. The molecule has 210 valence electrons. The van der Waals surface area contributed by atoms with E-state index in [1.54, 1.807) is 13.0 Å². The Bertz CT molecular complexity index is 1020. The lowest BCUT2D eigenvalue weighted by molar-refractivity contribution is -0.162. The summed E-state index contributed by atoms with van der Waals surface area (Å²) in [7, 11) is 0. The van der Waals surface area contributed by atoms with Crippen LogP contribution < -0.4 is 4.74 Å².